The number of benzene rings is 1. The third kappa shape index (κ3) is 4.75. The lowest BCUT2D eigenvalue weighted by atomic mass is 9.93. The molecule has 1 aromatic heterocycles. The third-order valence-electron chi connectivity index (χ3n) is 5.30. The molecule has 1 saturated carbocycles. The summed E-state index contributed by atoms with van der Waals surface area (Å²) in [6, 6.07) is 11.2. The molecule has 1 aliphatic carbocycles. The summed E-state index contributed by atoms with van der Waals surface area (Å²) >= 11 is 0. The maximum Gasteiger partial charge on any atom is 0.223 e. The molecule has 0 unspecified atom stereocenters. The molecule has 140 valence electrons. The monoisotopic (exact) mass is 356 g/mol. The first-order valence-electron chi connectivity index (χ1n) is 9.85. The lowest BCUT2D eigenvalue weighted by Crippen LogP contribution is -2.41. The molecule has 0 atom stereocenters. The molecule has 1 amide bonds. The highest BCUT2D eigenvalue weighted by atomic mass is 19.1. The second kappa shape index (κ2) is 9.02. The fourth-order valence-corrected chi connectivity index (χ4v) is 3.92. The van der Waals surface area contributed by atoms with Crippen LogP contribution in [0.2, 0.25) is 0 Å². The number of hydrogen-bond donors (Lipinski definition) is 0. The van der Waals surface area contributed by atoms with Crippen LogP contribution in [-0.4, -0.2) is 21.4 Å². The van der Waals surface area contributed by atoms with Gasteiger partial charge in [0.1, 0.15) is 5.82 Å². The van der Waals surface area contributed by atoms with Crippen molar-refractivity contribution in [3.63, 3.8) is 0 Å². The Hall–Kier alpha value is -2.10. The average Bonchev–Trinajstić information content (AvgIpc) is 3.07. The van der Waals surface area contributed by atoms with Crippen molar-refractivity contribution < 1.29 is 9.18 Å². The summed E-state index contributed by atoms with van der Waals surface area (Å²) in [4.78, 5) is 14.8. The molecule has 3 rings (SSSR count). The van der Waals surface area contributed by atoms with Crippen molar-refractivity contribution in [3.05, 3.63) is 59.7 Å². The van der Waals surface area contributed by atoms with Gasteiger partial charge in [0.25, 0.3) is 0 Å². The minimum absolute atomic E-state index is 0.210. The standard InChI is InChI=1S/C22H29FN2O/c1-2-8-22(26)25(20-11-4-3-5-12-20)17-21-13-7-14-24(21)16-18-9-6-10-19(23)15-18/h6-7,9-10,13-15,20H,2-5,8,11-12,16-17H2,1H3. The van der Waals surface area contributed by atoms with E-state index in [-0.39, 0.29) is 11.7 Å². The van der Waals surface area contributed by atoms with Gasteiger partial charge in [-0.1, -0.05) is 38.3 Å². The predicted octanol–water partition coefficient (Wildman–Crippen LogP) is 5.14. The molecule has 1 fully saturated rings. The third-order valence-corrected chi connectivity index (χ3v) is 5.30. The van der Waals surface area contributed by atoms with Crippen molar-refractivity contribution in [1.82, 2.24) is 9.47 Å². The van der Waals surface area contributed by atoms with Crippen molar-refractivity contribution in [2.24, 2.45) is 0 Å². The first-order chi connectivity index (χ1) is 12.7. The van der Waals surface area contributed by atoms with Crippen LogP contribution in [0.25, 0.3) is 0 Å². The molecule has 0 N–H and O–H groups in total. The quantitative estimate of drug-likeness (QED) is 0.674. The van der Waals surface area contributed by atoms with E-state index >= 15 is 0 Å². The number of nitrogens with zero attached hydrogens (tertiary/aromatic N) is 2. The molecular weight excluding hydrogens is 327 g/mol. The van der Waals surface area contributed by atoms with Gasteiger partial charge in [-0.2, -0.15) is 0 Å². The minimum atomic E-state index is -0.210. The van der Waals surface area contributed by atoms with Crippen molar-refractivity contribution in [3.8, 4) is 0 Å². The summed E-state index contributed by atoms with van der Waals surface area (Å²) in [5.41, 5.74) is 2.05. The van der Waals surface area contributed by atoms with Gasteiger partial charge in [0.15, 0.2) is 0 Å². The van der Waals surface area contributed by atoms with Gasteiger partial charge in [-0.15, -0.1) is 0 Å². The number of amides is 1. The fourth-order valence-electron chi connectivity index (χ4n) is 3.92. The molecule has 1 aliphatic rings. The second-order valence-electron chi connectivity index (χ2n) is 7.32. The maximum atomic E-state index is 13.5. The van der Waals surface area contributed by atoms with Gasteiger partial charge < -0.3 is 9.47 Å². The molecule has 4 heteroatoms. The Morgan fingerprint density at radius 1 is 1.19 bits per heavy atom. The molecule has 26 heavy (non-hydrogen) atoms. The number of halogens is 1. The van der Waals surface area contributed by atoms with E-state index < -0.39 is 0 Å². The van der Waals surface area contributed by atoms with Crippen LogP contribution in [0.3, 0.4) is 0 Å². The van der Waals surface area contributed by atoms with Crippen molar-refractivity contribution in [2.75, 3.05) is 0 Å². The highest BCUT2D eigenvalue weighted by molar-refractivity contribution is 5.76. The summed E-state index contributed by atoms with van der Waals surface area (Å²) in [5.74, 6) is 0.0519. The van der Waals surface area contributed by atoms with E-state index in [0.29, 0.717) is 25.6 Å². The van der Waals surface area contributed by atoms with E-state index in [1.807, 2.05) is 18.3 Å². The summed E-state index contributed by atoms with van der Waals surface area (Å²) in [6.07, 6.45) is 9.44. The first-order valence-corrected chi connectivity index (χ1v) is 9.85. The van der Waals surface area contributed by atoms with Gasteiger partial charge in [0.05, 0.1) is 6.54 Å². The number of hydrogen-bond acceptors (Lipinski definition) is 1. The van der Waals surface area contributed by atoms with E-state index in [1.54, 1.807) is 12.1 Å². The van der Waals surface area contributed by atoms with Crippen LogP contribution in [0.4, 0.5) is 4.39 Å². The molecule has 2 aromatic rings. The van der Waals surface area contributed by atoms with Crippen LogP contribution in [0.5, 0.6) is 0 Å². The van der Waals surface area contributed by atoms with E-state index in [0.717, 1.165) is 30.5 Å². The largest absolute Gasteiger partial charge is 0.345 e. The van der Waals surface area contributed by atoms with Crippen LogP contribution in [0.15, 0.2) is 42.6 Å². The Morgan fingerprint density at radius 3 is 2.73 bits per heavy atom. The van der Waals surface area contributed by atoms with Gasteiger partial charge >= 0.3 is 0 Å². The molecule has 1 aromatic carbocycles. The SMILES string of the molecule is CCCC(=O)N(Cc1cccn1Cc1cccc(F)c1)C1CCCCC1. The van der Waals surface area contributed by atoms with Crippen molar-refractivity contribution in [2.45, 2.75) is 71.0 Å². The summed E-state index contributed by atoms with van der Waals surface area (Å²) < 4.78 is 15.6. The number of carbonyl (C=O) groups is 1. The average molecular weight is 356 g/mol. The van der Waals surface area contributed by atoms with E-state index in [4.69, 9.17) is 0 Å². The molecule has 0 saturated heterocycles. The normalized spacial score (nSPS) is 15.2. The maximum absolute atomic E-state index is 13.5. The van der Waals surface area contributed by atoms with Gasteiger partial charge in [0.2, 0.25) is 5.91 Å². The van der Waals surface area contributed by atoms with Gasteiger partial charge in [0, 0.05) is 30.9 Å². The van der Waals surface area contributed by atoms with Crippen LogP contribution < -0.4 is 0 Å². The second-order valence-corrected chi connectivity index (χ2v) is 7.32. The van der Waals surface area contributed by atoms with Gasteiger partial charge in [-0.25, -0.2) is 4.39 Å². The molecule has 0 spiro atoms. The summed E-state index contributed by atoms with van der Waals surface area (Å²) in [5, 5.41) is 0. The number of rotatable bonds is 7. The Bertz CT molecular complexity index is 718. The zero-order chi connectivity index (χ0) is 18.4. The Kier molecular flexibility index (Phi) is 6.48. The predicted molar refractivity (Wildman–Crippen MR) is 102 cm³/mol. The van der Waals surface area contributed by atoms with E-state index in [9.17, 15) is 9.18 Å². The van der Waals surface area contributed by atoms with Crippen LogP contribution in [-0.2, 0) is 17.9 Å². The minimum Gasteiger partial charge on any atom is -0.345 e. The Labute approximate surface area is 155 Å². The smallest absolute Gasteiger partial charge is 0.223 e. The van der Waals surface area contributed by atoms with E-state index in [1.165, 1.54) is 25.3 Å². The number of carbonyl (C=O) groups excluding carboxylic acids is 1. The Balaban J connectivity index is 1.76. The van der Waals surface area contributed by atoms with Crippen LogP contribution in [0, 0.1) is 5.82 Å². The molecule has 1 heterocycles. The Morgan fingerprint density at radius 2 is 2.00 bits per heavy atom. The summed E-state index contributed by atoms with van der Waals surface area (Å²) in [6.45, 7) is 3.33. The number of aromatic nitrogens is 1. The summed E-state index contributed by atoms with van der Waals surface area (Å²) in [7, 11) is 0. The van der Waals surface area contributed by atoms with Crippen LogP contribution in [0.1, 0.15) is 63.1 Å². The van der Waals surface area contributed by atoms with Crippen molar-refractivity contribution in [1.29, 1.82) is 0 Å². The topological polar surface area (TPSA) is 25.2 Å². The lowest BCUT2D eigenvalue weighted by molar-refractivity contribution is -0.135. The lowest BCUT2D eigenvalue weighted by Gasteiger charge is -2.35. The highest BCUT2D eigenvalue weighted by Gasteiger charge is 2.25. The van der Waals surface area contributed by atoms with Gasteiger partial charge in [-0.3, -0.25) is 4.79 Å². The van der Waals surface area contributed by atoms with Crippen LogP contribution >= 0.6 is 0 Å². The van der Waals surface area contributed by atoms with Gasteiger partial charge in [-0.05, 0) is 49.1 Å². The highest BCUT2D eigenvalue weighted by Crippen LogP contribution is 2.25. The zero-order valence-electron chi connectivity index (χ0n) is 15.7. The van der Waals surface area contributed by atoms with Crippen molar-refractivity contribution >= 4 is 5.91 Å². The molecule has 0 bridgehead atoms. The molecule has 0 aliphatic heterocycles. The molecular formula is C22H29FN2O. The first kappa shape index (κ1) is 18.7. The zero-order valence-corrected chi connectivity index (χ0v) is 15.7. The molecule has 3 nitrogen and oxygen atoms in total. The van der Waals surface area contributed by atoms with E-state index in [2.05, 4.69) is 22.5 Å². The molecule has 0 radical (unpaired) electrons. The fraction of sp³-hybridized carbons (Fsp3) is 0.500.